The lowest BCUT2D eigenvalue weighted by Crippen LogP contribution is -2.52. The molecular weight excluding hydrogens is 386 g/mol. The molecule has 2 unspecified atom stereocenters. The van der Waals surface area contributed by atoms with Crippen LogP contribution in [0.2, 0.25) is 0 Å². The smallest absolute Gasteiger partial charge is 0.243 e. The van der Waals surface area contributed by atoms with E-state index in [2.05, 4.69) is 10.6 Å². The highest BCUT2D eigenvalue weighted by Gasteiger charge is 2.37. The van der Waals surface area contributed by atoms with Crippen LogP contribution in [-0.2, 0) is 14.8 Å². The quantitative estimate of drug-likeness (QED) is 0.746. The molecule has 0 saturated carbocycles. The first kappa shape index (κ1) is 22.1. The Kier molecular flexibility index (Phi) is 8.54. The lowest BCUT2D eigenvalue weighted by molar-refractivity contribution is -0.125. The Bertz CT molecular complexity index is 693. The molecule has 6 nitrogen and oxygen atoms in total. The zero-order chi connectivity index (χ0) is 18.4. The van der Waals surface area contributed by atoms with Crippen LogP contribution in [0.15, 0.2) is 35.2 Å². The first-order valence-electron chi connectivity index (χ1n) is 9.64. The van der Waals surface area contributed by atoms with Gasteiger partial charge in [-0.3, -0.25) is 4.79 Å². The molecule has 8 heteroatoms. The highest BCUT2D eigenvalue weighted by Crippen LogP contribution is 2.25. The van der Waals surface area contributed by atoms with E-state index in [1.165, 1.54) is 17.1 Å². The lowest BCUT2D eigenvalue weighted by atomic mass is 9.96. The van der Waals surface area contributed by atoms with E-state index in [-0.39, 0.29) is 23.2 Å². The second-order valence-electron chi connectivity index (χ2n) is 7.23. The van der Waals surface area contributed by atoms with Gasteiger partial charge in [-0.1, -0.05) is 24.6 Å². The van der Waals surface area contributed by atoms with Gasteiger partial charge >= 0.3 is 0 Å². The number of hydrogen-bond donors (Lipinski definition) is 2. The Labute approximate surface area is 168 Å². The monoisotopic (exact) mass is 415 g/mol. The molecule has 2 aliphatic rings. The zero-order valence-electron chi connectivity index (χ0n) is 15.6. The van der Waals surface area contributed by atoms with E-state index in [1.54, 1.807) is 30.3 Å². The van der Waals surface area contributed by atoms with Crippen molar-refractivity contribution in [2.24, 2.45) is 5.92 Å². The Hall–Kier alpha value is -1.15. The van der Waals surface area contributed by atoms with E-state index in [0.29, 0.717) is 25.4 Å². The van der Waals surface area contributed by atoms with Crippen LogP contribution in [0.1, 0.15) is 38.5 Å². The second-order valence-corrected chi connectivity index (χ2v) is 9.12. The van der Waals surface area contributed by atoms with Crippen LogP contribution < -0.4 is 10.6 Å². The summed E-state index contributed by atoms with van der Waals surface area (Å²) in [5.41, 5.74) is 0. The summed E-state index contributed by atoms with van der Waals surface area (Å²) in [5.74, 6) is 0.438. The number of carbonyl (C=O) groups excluding carboxylic acids is 1. The number of rotatable bonds is 6. The first-order chi connectivity index (χ1) is 12.6. The van der Waals surface area contributed by atoms with Crippen LogP contribution in [0, 0.1) is 5.92 Å². The van der Waals surface area contributed by atoms with Gasteiger partial charge in [0.2, 0.25) is 15.9 Å². The number of nitrogens with one attached hydrogen (secondary N) is 2. The highest BCUT2D eigenvalue weighted by atomic mass is 35.5. The summed E-state index contributed by atoms with van der Waals surface area (Å²) in [6.07, 6.45) is 5.58. The third-order valence-corrected chi connectivity index (χ3v) is 7.28. The maximum Gasteiger partial charge on any atom is 0.243 e. The standard InChI is InChI=1S/C19H29N3O3S.ClH/c23-19(21-13-11-16-7-6-12-20-15-16)18-10-4-5-14-22(18)26(24,25)17-8-2-1-3-9-17;/h1-3,8-9,16,18,20H,4-7,10-15H2,(H,21,23);1H. The van der Waals surface area contributed by atoms with E-state index in [9.17, 15) is 13.2 Å². The summed E-state index contributed by atoms with van der Waals surface area (Å²) >= 11 is 0. The van der Waals surface area contributed by atoms with Gasteiger partial charge in [-0.2, -0.15) is 4.31 Å². The van der Waals surface area contributed by atoms with Crippen molar-refractivity contribution in [1.82, 2.24) is 14.9 Å². The normalized spacial score (nSPS) is 24.0. The van der Waals surface area contributed by atoms with E-state index in [1.807, 2.05) is 0 Å². The molecule has 0 bridgehead atoms. The number of halogens is 1. The minimum atomic E-state index is -3.64. The molecule has 2 N–H and O–H groups in total. The summed E-state index contributed by atoms with van der Waals surface area (Å²) < 4.78 is 27.3. The topological polar surface area (TPSA) is 78.5 Å². The lowest BCUT2D eigenvalue weighted by Gasteiger charge is -2.33. The van der Waals surface area contributed by atoms with Crippen LogP contribution in [0.3, 0.4) is 0 Å². The maximum atomic E-state index is 13.0. The predicted molar refractivity (Wildman–Crippen MR) is 108 cm³/mol. The Morgan fingerprint density at radius 3 is 2.63 bits per heavy atom. The van der Waals surface area contributed by atoms with Gasteiger partial charge in [0, 0.05) is 13.1 Å². The average molecular weight is 416 g/mol. The van der Waals surface area contributed by atoms with Crippen LogP contribution in [0.5, 0.6) is 0 Å². The molecule has 2 saturated heterocycles. The van der Waals surface area contributed by atoms with Crippen molar-refractivity contribution < 1.29 is 13.2 Å². The van der Waals surface area contributed by atoms with Crippen molar-refractivity contribution >= 4 is 28.3 Å². The van der Waals surface area contributed by atoms with Crippen LogP contribution in [0.25, 0.3) is 0 Å². The molecule has 0 radical (unpaired) electrons. The number of hydrogen-bond acceptors (Lipinski definition) is 4. The summed E-state index contributed by atoms with van der Waals surface area (Å²) in [4.78, 5) is 13.0. The number of sulfonamides is 1. The van der Waals surface area contributed by atoms with Gasteiger partial charge < -0.3 is 10.6 Å². The molecule has 2 fully saturated rings. The van der Waals surface area contributed by atoms with Gasteiger partial charge in [-0.05, 0) is 63.2 Å². The average Bonchev–Trinajstić information content (AvgIpc) is 2.69. The zero-order valence-corrected chi connectivity index (χ0v) is 17.2. The predicted octanol–water partition coefficient (Wildman–Crippen LogP) is 2.16. The minimum Gasteiger partial charge on any atom is -0.355 e. The van der Waals surface area contributed by atoms with Gasteiger partial charge in [-0.25, -0.2) is 8.42 Å². The van der Waals surface area contributed by atoms with Crippen molar-refractivity contribution in [1.29, 1.82) is 0 Å². The van der Waals surface area contributed by atoms with Crippen molar-refractivity contribution in [3.63, 3.8) is 0 Å². The Balaban J connectivity index is 0.00000261. The molecule has 2 heterocycles. The van der Waals surface area contributed by atoms with Gasteiger partial charge in [0.1, 0.15) is 6.04 Å². The van der Waals surface area contributed by atoms with Crippen LogP contribution in [0.4, 0.5) is 0 Å². The Morgan fingerprint density at radius 1 is 1.15 bits per heavy atom. The molecule has 0 spiro atoms. The van der Waals surface area contributed by atoms with Crippen molar-refractivity contribution in [3.05, 3.63) is 30.3 Å². The molecular formula is C19H30ClN3O3S. The fraction of sp³-hybridized carbons (Fsp3) is 0.632. The van der Waals surface area contributed by atoms with Crippen molar-refractivity contribution in [3.8, 4) is 0 Å². The molecule has 2 atom stereocenters. The summed E-state index contributed by atoms with van der Waals surface area (Å²) in [5, 5.41) is 6.36. The summed E-state index contributed by atoms with van der Waals surface area (Å²) in [6.45, 7) is 3.10. The number of amides is 1. The van der Waals surface area contributed by atoms with Gasteiger partial charge in [0.25, 0.3) is 0 Å². The summed E-state index contributed by atoms with van der Waals surface area (Å²) in [7, 11) is -3.64. The fourth-order valence-electron chi connectivity index (χ4n) is 3.87. The van der Waals surface area contributed by atoms with Gasteiger partial charge in [0.05, 0.1) is 4.90 Å². The van der Waals surface area contributed by atoms with Crippen LogP contribution in [-0.4, -0.2) is 50.9 Å². The van der Waals surface area contributed by atoms with Crippen molar-refractivity contribution in [2.45, 2.75) is 49.5 Å². The molecule has 152 valence electrons. The maximum absolute atomic E-state index is 13.0. The number of piperidine rings is 2. The third-order valence-electron chi connectivity index (χ3n) is 5.36. The van der Waals surface area contributed by atoms with E-state index >= 15 is 0 Å². The number of nitrogens with zero attached hydrogens (tertiary/aromatic N) is 1. The molecule has 3 rings (SSSR count). The van der Waals surface area contributed by atoms with Crippen LogP contribution >= 0.6 is 12.4 Å². The molecule has 27 heavy (non-hydrogen) atoms. The molecule has 0 aromatic heterocycles. The Morgan fingerprint density at radius 2 is 1.93 bits per heavy atom. The first-order valence-corrected chi connectivity index (χ1v) is 11.1. The molecule has 0 aliphatic carbocycles. The van der Waals surface area contributed by atoms with Gasteiger partial charge in [0.15, 0.2) is 0 Å². The molecule has 1 amide bonds. The SMILES string of the molecule is Cl.O=C(NCCC1CCCNC1)C1CCCCN1S(=O)(=O)c1ccccc1. The van der Waals surface area contributed by atoms with E-state index in [4.69, 9.17) is 0 Å². The number of carbonyl (C=O) groups is 1. The minimum absolute atomic E-state index is 0. The van der Waals surface area contributed by atoms with E-state index in [0.717, 1.165) is 32.4 Å². The fourth-order valence-corrected chi connectivity index (χ4v) is 5.55. The third kappa shape index (κ3) is 5.67. The summed E-state index contributed by atoms with van der Waals surface area (Å²) in [6, 6.07) is 7.80. The molecule has 1 aromatic carbocycles. The number of benzene rings is 1. The van der Waals surface area contributed by atoms with Crippen molar-refractivity contribution in [2.75, 3.05) is 26.2 Å². The highest BCUT2D eigenvalue weighted by molar-refractivity contribution is 7.89. The van der Waals surface area contributed by atoms with E-state index < -0.39 is 16.1 Å². The largest absolute Gasteiger partial charge is 0.355 e. The molecule has 1 aromatic rings. The second kappa shape index (κ2) is 10.4. The van der Waals surface area contributed by atoms with Gasteiger partial charge in [-0.15, -0.1) is 12.4 Å². The molecule has 2 aliphatic heterocycles.